The molecule has 4 heteroatoms. The third kappa shape index (κ3) is 3.62. The smallest absolute Gasteiger partial charge is 0.235 e. The highest BCUT2D eigenvalue weighted by Crippen LogP contribution is 2.51. The molecular weight excluding hydrogens is 657 g/mol. The van der Waals surface area contributed by atoms with Crippen LogP contribution >= 0.6 is 0 Å². The van der Waals surface area contributed by atoms with E-state index in [0.717, 1.165) is 40.0 Å². The minimum Gasteiger partial charge on any atom is -0.307 e. The molecule has 3 aromatic heterocycles. The first kappa shape index (κ1) is 28.5. The number of rotatable bonds is 2. The first-order chi connectivity index (χ1) is 26.8. The monoisotopic (exact) mass is 686 g/mol. The average Bonchev–Trinajstić information content (AvgIpc) is 3.73. The highest BCUT2D eigenvalue weighted by Gasteiger charge is 2.41. The van der Waals surface area contributed by atoms with Gasteiger partial charge in [0.05, 0.1) is 39.0 Å². The molecule has 8 aromatic carbocycles. The Morgan fingerprint density at radius 2 is 1.02 bits per heavy atom. The zero-order valence-electron chi connectivity index (χ0n) is 29.2. The second-order valence-electron chi connectivity index (χ2n) is 14.8. The highest BCUT2D eigenvalue weighted by atomic mass is 15.2. The fraction of sp³-hybridized carbons (Fsp3) is 0.0400. The predicted molar refractivity (Wildman–Crippen MR) is 226 cm³/mol. The lowest BCUT2D eigenvalue weighted by atomic mass is 9.98. The second kappa shape index (κ2) is 10.3. The molecular formula is C50H30N4. The molecule has 54 heavy (non-hydrogen) atoms. The lowest BCUT2D eigenvalue weighted by Crippen LogP contribution is -2.14. The number of nitrogens with zero attached hydrogens (tertiary/aromatic N) is 4. The van der Waals surface area contributed by atoms with Crippen LogP contribution in [0.5, 0.6) is 0 Å². The summed E-state index contributed by atoms with van der Waals surface area (Å²) in [5.74, 6) is 0.932. The van der Waals surface area contributed by atoms with Crippen LogP contribution in [0.3, 0.4) is 0 Å². The first-order valence-electron chi connectivity index (χ1n) is 18.8. The molecule has 1 fully saturated rings. The van der Waals surface area contributed by atoms with Crippen LogP contribution < -0.4 is 0 Å². The number of hydrogen-bond donors (Lipinski definition) is 0. The number of hydrogen-bond acceptors (Lipinski definition) is 2. The average molecular weight is 687 g/mol. The number of para-hydroxylation sites is 2. The topological polar surface area (TPSA) is 34.1 Å². The third-order valence-corrected chi connectivity index (χ3v) is 12.0. The SMILES string of the molecule is c1ccc(C2=NC(n3c4c5ccccc5ccc4c4c5c6cccc7c8ccccc8n(c76)c5c5ccccc5c43)=NC(c3ccccc3)=C3CC23)cc1. The molecule has 2 aliphatic rings. The quantitative estimate of drug-likeness (QED) is 0.173. The van der Waals surface area contributed by atoms with Crippen molar-refractivity contribution < 1.29 is 0 Å². The van der Waals surface area contributed by atoms with Gasteiger partial charge in [-0.2, -0.15) is 0 Å². The summed E-state index contributed by atoms with van der Waals surface area (Å²) in [6.45, 7) is 0. The van der Waals surface area contributed by atoms with E-state index in [1.807, 2.05) is 0 Å². The Morgan fingerprint density at radius 1 is 0.426 bits per heavy atom. The lowest BCUT2D eigenvalue weighted by Gasteiger charge is -2.13. The second-order valence-corrected chi connectivity index (χ2v) is 14.8. The molecule has 1 saturated carbocycles. The van der Waals surface area contributed by atoms with Gasteiger partial charge in [0.25, 0.3) is 0 Å². The summed E-state index contributed by atoms with van der Waals surface area (Å²) in [6, 6.07) is 59.5. The summed E-state index contributed by atoms with van der Waals surface area (Å²) in [5, 5.41) is 12.4. The minimum absolute atomic E-state index is 0.228. The van der Waals surface area contributed by atoms with Crippen LogP contribution in [-0.4, -0.2) is 20.6 Å². The molecule has 0 spiro atoms. The Hall–Kier alpha value is -7.04. The van der Waals surface area contributed by atoms with Gasteiger partial charge in [-0.25, -0.2) is 9.98 Å². The van der Waals surface area contributed by atoms with Gasteiger partial charge in [-0.1, -0.05) is 158 Å². The van der Waals surface area contributed by atoms with Crippen LogP contribution in [0.4, 0.5) is 0 Å². The van der Waals surface area contributed by atoms with E-state index in [-0.39, 0.29) is 5.92 Å². The van der Waals surface area contributed by atoms with Crippen molar-refractivity contribution in [2.24, 2.45) is 15.9 Å². The Kier molecular flexibility index (Phi) is 5.44. The van der Waals surface area contributed by atoms with Gasteiger partial charge in [0.1, 0.15) is 0 Å². The summed E-state index contributed by atoms with van der Waals surface area (Å²) in [4.78, 5) is 11.4. The Labute approximate surface area is 309 Å². The van der Waals surface area contributed by atoms with Crippen LogP contribution in [-0.2, 0) is 0 Å². The summed E-state index contributed by atoms with van der Waals surface area (Å²) in [6.07, 6.45) is 0.970. The van der Waals surface area contributed by atoms with E-state index in [1.165, 1.54) is 76.0 Å². The number of fused-ring (bicyclic) bond motifs is 16. The van der Waals surface area contributed by atoms with Crippen LogP contribution in [0.2, 0.25) is 0 Å². The predicted octanol–water partition coefficient (Wildman–Crippen LogP) is 12.4. The maximum atomic E-state index is 5.69. The molecule has 1 unspecified atom stereocenters. The Bertz CT molecular complexity index is 3510. The summed E-state index contributed by atoms with van der Waals surface area (Å²) in [7, 11) is 0. The van der Waals surface area contributed by atoms with Crippen molar-refractivity contribution >= 4 is 98.8 Å². The van der Waals surface area contributed by atoms with E-state index in [0.29, 0.717) is 5.96 Å². The standard InChI is InChI=1S/C50H30N4/c1-3-15-30(16-4-1)44-39-28-40(39)45(31-17-5-2-6-18-31)52-50(51-44)54-46-32-19-8-7-14-29(32)26-27-38(46)43-42-37-24-13-23-34-33-20-11-12-25-41(33)53(47(34)37)48(42)35-21-9-10-22-36(35)49(43)54/h1-27,39H,28H2. The number of benzene rings is 8. The highest BCUT2D eigenvalue weighted by molar-refractivity contribution is 6.42. The molecule has 0 bridgehead atoms. The largest absolute Gasteiger partial charge is 0.307 e. The van der Waals surface area contributed by atoms with Crippen molar-refractivity contribution in [1.82, 2.24) is 8.97 Å². The minimum atomic E-state index is 0.228. The van der Waals surface area contributed by atoms with Gasteiger partial charge in [-0.3, -0.25) is 4.57 Å². The van der Waals surface area contributed by atoms with Gasteiger partial charge in [0, 0.05) is 60.0 Å². The van der Waals surface area contributed by atoms with Crippen molar-refractivity contribution in [3.05, 3.63) is 180 Å². The van der Waals surface area contributed by atoms with E-state index in [4.69, 9.17) is 9.98 Å². The van der Waals surface area contributed by atoms with E-state index >= 15 is 0 Å². The molecule has 250 valence electrons. The number of allylic oxidation sites excluding steroid dienone is 1. The normalized spacial score (nSPS) is 16.0. The molecule has 1 atom stereocenters. The van der Waals surface area contributed by atoms with Gasteiger partial charge >= 0.3 is 0 Å². The molecule has 11 aromatic rings. The van der Waals surface area contributed by atoms with Gasteiger partial charge in [0.15, 0.2) is 0 Å². The zero-order valence-corrected chi connectivity index (χ0v) is 29.2. The van der Waals surface area contributed by atoms with Crippen LogP contribution in [0, 0.1) is 5.92 Å². The van der Waals surface area contributed by atoms with Crippen LogP contribution in [0.25, 0.3) is 87.1 Å². The van der Waals surface area contributed by atoms with Crippen LogP contribution in [0.1, 0.15) is 17.5 Å². The van der Waals surface area contributed by atoms with Gasteiger partial charge < -0.3 is 4.40 Å². The molecule has 4 heterocycles. The van der Waals surface area contributed by atoms with Gasteiger partial charge in [-0.05, 0) is 29.0 Å². The zero-order chi connectivity index (χ0) is 35.1. The van der Waals surface area contributed by atoms with E-state index in [9.17, 15) is 0 Å². The molecule has 1 aliphatic heterocycles. The van der Waals surface area contributed by atoms with Crippen molar-refractivity contribution in [1.29, 1.82) is 0 Å². The number of aromatic nitrogens is 2. The van der Waals surface area contributed by atoms with Crippen molar-refractivity contribution in [3.8, 4) is 0 Å². The molecule has 4 nitrogen and oxygen atoms in total. The van der Waals surface area contributed by atoms with E-state index in [2.05, 4.69) is 173 Å². The molecule has 1 aliphatic carbocycles. The van der Waals surface area contributed by atoms with Gasteiger partial charge in [-0.15, -0.1) is 0 Å². The van der Waals surface area contributed by atoms with Crippen molar-refractivity contribution in [2.45, 2.75) is 6.42 Å². The molecule has 0 amide bonds. The number of aliphatic imine (C=N–C) groups is 2. The summed E-state index contributed by atoms with van der Waals surface area (Å²) >= 11 is 0. The van der Waals surface area contributed by atoms with Crippen molar-refractivity contribution in [2.75, 3.05) is 0 Å². The molecule has 0 radical (unpaired) electrons. The maximum Gasteiger partial charge on any atom is 0.235 e. The van der Waals surface area contributed by atoms with Crippen LogP contribution in [0.15, 0.2) is 179 Å². The lowest BCUT2D eigenvalue weighted by molar-refractivity contribution is 1.19. The summed E-state index contributed by atoms with van der Waals surface area (Å²) < 4.78 is 4.94. The van der Waals surface area contributed by atoms with Gasteiger partial charge in [0.2, 0.25) is 5.96 Å². The molecule has 0 saturated heterocycles. The summed E-state index contributed by atoms with van der Waals surface area (Å²) in [5.41, 5.74) is 11.8. The third-order valence-electron chi connectivity index (χ3n) is 12.0. The first-order valence-corrected chi connectivity index (χ1v) is 18.8. The van der Waals surface area contributed by atoms with E-state index in [1.54, 1.807) is 0 Å². The van der Waals surface area contributed by atoms with E-state index < -0.39 is 0 Å². The maximum absolute atomic E-state index is 5.69. The molecule has 13 rings (SSSR count). The Morgan fingerprint density at radius 3 is 1.83 bits per heavy atom. The Balaban J connectivity index is 1.29. The fourth-order valence-corrected chi connectivity index (χ4v) is 9.74. The molecule has 0 N–H and O–H groups in total. The van der Waals surface area contributed by atoms with Crippen molar-refractivity contribution in [3.63, 3.8) is 0 Å². The fourth-order valence-electron chi connectivity index (χ4n) is 9.74.